The minimum atomic E-state index is -1.74. The van der Waals surface area contributed by atoms with E-state index in [2.05, 4.69) is 0 Å². The van der Waals surface area contributed by atoms with E-state index >= 15 is 0 Å². The Morgan fingerprint density at radius 3 is 1.83 bits per heavy atom. The SMILES string of the molecule is OC[C@@H]1O[C@H](O[C@@H]2[C@@H](O)[C@@H](O)[C@H](O)O[C@@H]2CO)[C@H](O)[C@@H](O)[C@H]1O. The van der Waals surface area contributed by atoms with Crippen molar-refractivity contribution < 1.29 is 55.1 Å². The molecule has 0 aromatic carbocycles. The molecule has 136 valence electrons. The molecule has 2 aliphatic rings. The molecule has 0 spiro atoms. The summed E-state index contributed by atoms with van der Waals surface area (Å²) in [6.07, 6.45) is -15.6. The maximum atomic E-state index is 9.94. The zero-order valence-corrected chi connectivity index (χ0v) is 12.0. The number of hydrogen-bond donors (Lipinski definition) is 8. The third kappa shape index (κ3) is 3.65. The van der Waals surface area contributed by atoms with Gasteiger partial charge in [0.05, 0.1) is 13.2 Å². The largest absolute Gasteiger partial charge is 0.394 e. The van der Waals surface area contributed by atoms with Gasteiger partial charge in [0.1, 0.15) is 48.8 Å². The highest BCUT2D eigenvalue weighted by Gasteiger charge is 2.50. The second kappa shape index (κ2) is 7.63. The molecule has 0 unspecified atom stereocenters. The lowest BCUT2D eigenvalue weighted by atomic mass is 9.97. The van der Waals surface area contributed by atoms with Gasteiger partial charge in [-0.2, -0.15) is 0 Å². The van der Waals surface area contributed by atoms with Crippen molar-refractivity contribution >= 4 is 0 Å². The molecule has 0 amide bonds. The molecule has 2 saturated heterocycles. The summed E-state index contributed by atoms with van der Waals surface area (Å²) in [7, 11) is 0. The molecule has 2 aliphatic heterocycles. The molecule has 2 heterocycles. The predicted octanol–water partition coefficient (Wildman–Crippen LogP) is -5.40. The summed E-state index contributed by atoms with van der Waals surface area (Å²) in [5.41, 5.74) is 0. The van der Waals surface area contributed by atoms with Gasteiger partial charge in [-0.15, -0.1) is 0 Å². The zero-order chi connectivity index (χ0) is 17.3. The van der Waals surface area contributed by atoms with Gasteiger partial charge in [0.2, 0.25) is 0 Å². The summed E-state index contributed by atoms with van der Waals surface area (Å²) >= 11 is 0. The van der Waals surface area contributed by atoms with Crippen LogP contribution in [0.3, 0.4) is 0 Å². The van der Waals surface area contributed by atoms with Gasteiger partial charge in [-0.25, -0.2) is 0 Å². The number of hydrogen-bond acceptors (Lipinski definition) is 11. The summed E-state index contributed by atoms with van der Waals surface area (Å²) < 4.78 is 15.3. The van der Waals surface area contributed by atoms with Crippen LogP contribution in [0.5, 0.6) is 0 Å². The van der Waals surface area contributed by atoms with Crippen LogP contribution in [0.4, 0.5) is 0 Å². The van der Waals surface area contributed by atoms with Gasteiger partial charge in [-0.1, -0.05) is 0 Å². The van der Waals surface area contributed by atoms with E-state index in [9.17, 15) is 35.7 Å². The molecule has 11 nitrogen and oxygen atoms in total. The minimum Gasteiger partial charge on any atom is -0.394 e. The molecule has 0 aliphatic carbocycles. The second-order valence-electron chi connectivity index (χ2n) is 5.53. The summed E-state index contributed by atoms with van der Waals surface area (Å²) in [5.74, 6) is 0. The van der Waals surface area contributed by atoms with Crippen molar-refractivity contribution in [3.8, 4) is 0 Å². The Labute approximate surface area is 130 Å². The van der Waals surface area contributed by atoms with Gasteiger partial charge in [-0.3, -0.25) is 0 Å². The van der Waals surface area contributed by atoms with Crippen LogP contribution in [0.25, 0.3) is 0 Å². The zero-order valence-electron chi connectivity index (χ0n) is 12.0. The summed E-state index contributed by atoms with van der Waals surface area (Å²) in [6.45, 7) is -1.35. The first-order chi connectivity index (χ1) is 10.8. The maximum Gasteiger partial charge on any atom is 0.187 e. The van der Waals surface area contributed by atoms with Crippen molar-refractivity contribution in [2.24, 2.45) is 0 Å². The van der Waals surface area contributed by atoms with Crippen LogP contribution in [-0.2, 0) is 14.2 Å². The maximum absolute atomic E-state index is 9.94. The Morgan fingerprint density at radius 2 is 1.26 bits per heavy atom. The Bertz CT molecular complexity index is 378. The normalized spacial score (nSPS) is 51.7. The van der Waals surface area contributed by atoms with Crippen LogP contribution in [0, 0.1) is 0 Å². The first kappa shape index (κ1) is 18.9. The van der Waals surface area contributed by atoms with Gasteiger partial charge in [-0.05, 0) is 0 Å². The first-order valence-corrected chi connectivity index (χ1v) is 7.08. The fraction of sp³-hybridized carbons (Fsp3) is 1.00. The number of aliphatic hydroxyl groups excluding tert-OH is 8. The molecule has 11 heteroatoms. The van der Waals surface area contributed by atoms with Crippen LogP contribution in [0.1, 0.15) is 0 Å². The van der Waals surface area contributed by atoms with E-state index in [1.54, 1.807) is 0 Å². The smallest absolute Gasteiger partial charge is 0.187 e. The Hall–Kier alpha value is -0.440. The molecule has 0 bridgehead atoms. The molecule has 23 heavy (non-hydrogen) atoms. The molecular formula is C12H22O11. The molecule has 0 aromatic heterocycles. The van der Waals surface area contributed by atoms with Crippen molar-refractivity contribution in [1.82, 2.24) is 0 Å². The lowest BCUT2D eigenvalue weighted by Gasteiger charge is -2.45. The molecular weight excluding hydrogens is 320 g/mol. The predicted molar refractivity (Wildman–Crippen MR) is 68.6 cm³/mol. The lowest BCUT2D eigenvalue weighted by molar-refractivity contribution is -0.355. The summed E-state index contributed by atoms with van der Waals surface area (Å²) in [6, 6.07) is 0. The summed E-state index contributed by atoms with van der Waals surface area (Å²) in [5, 5.41) is 76.5. The first-order valence-electron chi connectivity index (χ1n) is 7.08. The molecule has 2 rings (SSSR count). The number of rotatable bonds is 4. The van der Waals surface area contributed by atoms with Crippen molar-refractivity contribution in [3.63, 3.8) is 0 Å². The Balaban J connectivity index is 2.11. The third-order valence-electron chi connectivity index (χ3n) is 3.98. The highest BCUT2D eigenvalue weighted by molar-refractivity contribution is 4.93. The van der Waals surface area contributed by atoms with Crippen LogP contribution in [0.15, 0.2) is 0 Å². The third-order valence-corrected chi connectivity index (χ3v) is 3.98. The van der Waals surface area contributed by atoms with Gasteiger partial charge in [0.15, 0.2) is 12.6 Å². The van der Waals surface area contributed by atoms with E-state index < -0.39 is 74.6 Å². The van der Waals surface area contributed by atoms with E-state index in [0.29, 0.717) is 0 Å². The van der Waals surface area contributed by atoms with Crippen molar-refractivity contribution in [2.45, 2.75) is 61.4 Å². The van der Waals surface area contributed by atoms with E-state index in [4.69, 9.17) is 19.3 Å². The van der Waals surface area contributed by atoms with Crippen LogP contribution in [-0.4, -0.2) is 115 Å². The van der Waals surface area contributed by atoms with Gasteiger partial charge < -0.3 is 55.1 Å². The molecule has 10 atom stereocenters. The van der Waals surface area contributed by atoms with Crippen molar-refractivity contribution in [1.29, 1.82) is 0 Å². The summed E-state index contributed by atoms with van der Waals surface area (Å²) in [4.78, 5) is 0. The molecule has 2 fully saturated rings. The van der Waals surface area contributed by atoms with Crippen LogP contribution >= 0.6 is 0 Å². The van der Waals surface area contributed by atoms with Gasteiger partial charge >= 0.3 is 0 Å². The van der Waals surface area contributed by atoms with E-state index in [1.165, 1.54) is 0 Å². The fourth-order valence-electron chi connectivity index (χ4n) is 2.57. The average Bonchev–Trinajstić information content (AvgIpc) is 2.55. The molecule has 0 radical (unpaired) electrons. The van der Waals surface area contributed by atoms with E-state index in [-0.39, 0.29) is 0 Å². The monoisotopic (exact) mass is 342 g/mol. The average molecular weight is 342 g/mol. The highest BCUT2D eigenvalue weighted by atomic mass is 16.7. The fourth-order valence-corrected chi connectivity index (χ4v) is 2.57. The lowest BCUT2D eigenvalue weighted by Crippen LogP contribution is -2.64. The van der Waals surface area contributed by atoms with Crippen LogP contribution in [0.2, 0.25) is 0 Å². The van der Waals surface area contributed by atoms with Gasteiger partial charge in [0.25, 0.3) is 0 Å². The Kier molecular flexibility index (Phi) is 6.27. The van der Waals surface area contributed by atoms with Crippen molar-refractivity contribution in [3.05, 3.63) is 0 Å². The Morgan fingerprint density at radius 1 is 0.652 bits per heavy atom. The second-order valence-corrected chi connectivity index (χ2v) is 5.53. The standard InChI is InChI=1S/C12H22O11/c13-1-3-5(15)6(16)9(19)12(22-3)23-10-4(2-14)21-11(20)8(18)7(10)17/h3-20H,1-2H2/t3-,4+,5-,6-,7-,8+,9+,10-,11+,12+/m0/s1. The topological polar surface area (TPSA) is 190 Å². The van der Waals surface area contributed by atoms with Crippen molar-refractivity contribution in [2.75, 3.05) is 13.2 Å². The van der Waals surface area contributed by atoms with E-state index in [0.717, 1.165) is 0 Å². The molecule has 8 N–H and O–H groups in total. The van der Waals surface area contributed by atoms with E-state index in [1.807, 2.05) is 0 Å². The molecule has 0 saturated carbocycles. The minimum absolute atomic E-state index is 0.667. The quantitative estimate of drug-likeness (QED) is 0.243. The van der Waals surface area contributed by atoms with Gasteiger partial charge in [0, 0.05) is 0 Å². The van der Waals surface area contributed by atoms with Crippen LogP contribution < -0.4 is 0 Å². The number of aliphatic hydroxyl groups is 8. The highest BCUT2D eigenvalue weighted by Crippen LogP contribution is 2.28. The molecule has 0 aromatic rings. The number of ether oxygens (including phenoxy) is 3.